The largest absolute Gasteiger partial charge is 0.399 e. The van der Waals surface area contributed by atoms with Crippen LogP contribution in [0.1, 0.15) is 5.48 Å². The minimum atomic E-state index is -4.42. The van der Waals surface area contributed by atoms with Crippen LogP contribution in [0.4, 0.5) is 11.5 Å². The molecule has 1 heterocycles. The molecule has 2 rings (SSSR count). The fourth-order valence-electron chi connectivity index (χ4n) is 1.00. The van der Waals surface area contributed by atoms with Crippen molar-refractivity contribution in [2.75, 3.05) is 10.5 Å². The fourth-order valence-corrected chi connectivity index (χ4v) is 1.96. The summed E-state index contributed by atoms with van der Waals surface area (Å²) < 4.78 is 57.1. The van der Waals surface area contributed by atoms with Gasteiger partial charge < -0.3 is 5.73 Å². The minimum Gasteiger partial charge on any atom is -0.399 e. The van der Waals surface area contributed by atoms with Crippen molar-refractivity contribution in [1.29, 1.82) is 0 Å². The maximum Gasteiger partial charge on any atom is 0.263 e. The summed E-state index contributed by atoms with van der Waals surface area (Å²) >= 11 is 5.54. The number of nitrogens with two attached hydrogens (primary N) is 1. The molecule has 0 radical (unpaired) electrons. The highest BCUT2D eigenvalue weighted by atomic mass is 35.5. The topological polar surface area (TPSA) is 98.0 Å². The standard InChI is InChI=1S/C10H9ClN4O2S/c11-9-5-6-10(14-13-9)15-18(16,17)8-3-1-7(12)2-4-8/h1-6H,12H2,(H,14,15)/i1D,2D,3D,4D. The molecule has 0 spiro atoms. The Morgan fingerprint density at radius 3 is 2.44 bits per heavy atom. The van der Waals surface area contributed by atoms with E-state index in [1.54, 1.807) is 0 Å². The van der Waals surface area contributed by atoms with Crippen molar-refractivity contribution < 1.29 is 13.9 Å². The van der Waals surface area contributed by atoms with Gasteiger partial charge in [-0.15, -0.1) is 10.2 Å². The summed E-state index contributed by atoms with van der Waals surface area (Å²) in [5.41, 5.74) is 4.97. The Kier molecular flexibility index (Phi) is 2.20. The van der Waals surface area contributed by atoms with Gasteiger partial charge in [-0.05, 0) is 36.3 Å². The molecule has 18 heavy (non-hydrogen) atoms. The molecule has 6 nitrogen and oxygen atoms in total. The lowest BCUT2D eigenvalue weighted by atomic mass is 10.3. The zero-order valence-electron chi connectivity index (χ0n) is 12.7. The van der Waals surface area contributed by atoms with E-state index in [4.69, 9.17) is 22.8 Å². The lowest BCUT2D eigenvalue weighted by Gasteiger charge is -2.06. The van der Waals surface area contributed by atoms with Crippen LogP contribution >= 0.6 is 11.6 Å². The van der Waals surface area contributed by atoms with Gasteiger partial charge in [0.25, 0.3) is 10.0 Å². The zero-order chi connectivity index (χ0) is 16.7. The number of nitrogen functional groups attached to an aromatic ring is 1. The molecule has 3 N–H and O–H groups in total. The summed E-state index contributed by atoms with van der Waals surface area (Å²) in [7, 11) is -4.42. The summed E-state index contributed by atoms with van der Waals surface area (Å²) in [5.74, 6) is -0.182. The lowest BCUT2D eigenvalue weighted by molar-refractivity contribution is 0.601. The molecule has 0 aliphatic heterocycles. The third kappa shape index (κ3) is 2.88. The minimum absolute atomic E-state index is 0.0553. The molecular formula is C10H9ClN4O2S. The highest BCUT2D eigenvalue weighted by molar-refractivity contribution is 7.92. The van der Waals surface area contributed by atoms with Crippen LogP contribution in [0.2, 0.25) is 5.15 Å². The fraction of sp³-hybridized carbons (Fsp3) is 0. The summed E-state index contributed by atoms with van der Waals surface area (Å²) in [5, 5.41) is 7.00. The number of nitrogens with zero attached hydrogens (tertiary/aromatic N) is 2. The first-order chi connectivity index (χ1) is 10.1. The summed E-state index contributed by atoms with van der Waals surface area (Å²) in [6.45, 7) is 0. The van der Waals surface area contributed by atoms with Crippen molar-refractivity contribution in [1.82, 2.24) is 10.2 Å². The predicted octanol–water partition coefficient (Wildman–Crippen LogP) is 1.51. The molecule has 0 saturated carbocycles. The number of benzene rings is 1. The Bertz CT molecular complexity index is 816. The summed E-state index contributed by atoms with van der Waals surface area (Å²) in [6.07, 6.45) is 0. The van der Waals surface area contributed by atoms with E-state index in [0.29, 0.717) is 0 Å². The second-order valence-corrected chi connectivity index (χ2v) is 5.10. The first-order valence-electron chi connectivity index (χ1n) is 6.53. The van der Waals surface area contributed by atoms with E-state index in [-0.39, 0.29) is 11.0 Å². The molecule has 1 aromatic heterocycles. The highest BCUT2D eigenvalue weighted by Crippen LogP contribution is 2.15. The molecule has 0 atom stereocenters. The van der Waals surface area contributed by atoms with Crippen LogP contribution in [0, 0.1) is 0 Å². The van der Waals surface area contributed by atoms with Gasteiger partial charge in [0.2, 0.25) is 0 Å². The Hall–Kier alpha value is -1.86. The number of nitrogens with one attached hydrogen (secondary N) is 1. The summed E-state index contributed by atoms with van der Waals surface area (Å²) in [4.78, 5) is -0.826. The quantitative estimate of drug-likeness (QED) is 0.834. The number of hydrogen-bond donors (Lipinski definition) is 2. The third-order valence-electron chi connectivity index (χ3n) is 1.76. The van der Waals surface area contributed by atoms with Crippen LogP contribution in [0.15, 0.2) is 41.2 Å². The van der Waals surface area contributed by atoms with Crippen molar-refractivity contribution >= 4 is 33.1 Å². The molecule has 1 aromatic carbocycles. The Morgan fingerprint density at radius 1 is 1.22 bits per heavy atom. The van der Waals surface area contributed by atoms with Crippen molar-refractivity contribution in [3.05, 3.63) is 41.5 Å². The maximum absolute atomic E-state index is 12.3. The van der Waals surface area contributed by atoms with Gasteiger partial charge in [0.05, 0.1) is 10.4 Å². The average Bonchev–Trinajstić information content (AvgIpc) is 2.45. The van der Waals surface area contributed by atoms with E-state index in [9.17, 15) is 8.42 Å². The van der Waals surface area contributed by atoms with Crippen molar-refractivity contribution in [3.8, 4) is 0 Å². The molecule has 94 valence electrons. The molecule has 0 amide bonds. The van der Waals surface area contributed by atoms with Crippen LogP contribution in [0.3, 0.4) is 0 Å². The van der Waals surface area contributed by atoms with Gasteiger partial charge in [0, 0.05) is 5.69 Å². The van der Waals surface area contributed by atoms with Crippen LogP contribution in [0.5, 0.6) is 0 Å². The van der Waals surface area contributed by atoms with Gasteiger partial charge in [0.15, 0.2) is 11.0 Å². The third-order valence-corrected chi connectivity index (χ3v) is 3.18. The van der Waals surface area contributed by atoms with Gasteiger partial charge in [-0.1, -0.05) is 11.6 Å². The van der Waals surface area contributed by atoms with Crippen LogP contribution in [-0.2, 0) is 10.0 Å². The number of rotatable bonds is 3. The second kappa shape index (κ2) is 4.79. The summed E-state index contributed by atoms with van der Waals surface area (Å²) in [6, 6.07) is -0.279. The van der Waals surface area contributed by atoms with Crippen LogP contribution < -0.4 is 10.5 Å². The normalized spacial score (nSPS) is 14.3. The first-order valence-corrected chi connectivity index (χ1v) is 6.39. The smallest absolute Gasteiger partial charge is 0.263 e. The maximum atomic E-state index is 12.3. The lowest BCUT2D eigenvalue weighted by Crippen LogP contribution is -2.14. The second-order valence-electron chi connectivity index (χ2n) is 3.09. The van der Waals surface area contributed by atoms with Gasteiger partial charge in [-0.2, -0.15) is 0 Å². The van der Waals surface area contributed by atoms with Gasteiger partial charge in [-0.25, -0.2) is 8.42 Å². The molecule has 0 aliphatic rings. The van der Waals surface area contributed by atoms with Crippen molar-refractivity contribution in [2.24, 2.45) is 0 Å². The monoisotopic (exact) mass is 288 g/mol. The van der Waals surface area contributed by atoms with E-state index >= 15 is 0 Å². The number of sulfonamides is 1. The van der Waals surface area contributed by atoms with Crippen molar-refractivity contribution in [2.45, 2.75) is 4.90 Å². The molecule has 8 heteroatoms. The molecule has 0 saturated heterocycles. The van der Waals surface area contributed by atoms with Gasteiger partial charge >= 0.3 is 0 Å². The van der Waals surface area contributed by atoms with E-state index in [2.05, 4.69) is 10.2 Å². The van der Waals surface area contributed by atoms with E-state index in [1.165, 1.54) is 12.1 Å². The Labute approximate surface area is 114 Å². The van der Waals surface area contributed by atoms with E-state index < -0.39 is 44.8 Å². The number of halogens is 1. The highest BCUT2D eigenvalue weighted by Gasteiger charge is 2.14. The zero-order valence-corrected chi connectivity index (χ0v) is 10.3. The number of aromatic nitrogens is 2. The molecular weight excluding hydrogens is 276 g/mol. The van der Waals surface area contributed by atoms with E-state index in [0.717, 1.165) is 0 Å². The molecule has 0 bridgehead atoms. The van der Waals surface area contributed by atoms with Gasteiger partial charge in [0.1, 0.15) is 0 Å². The number of hydrogen-bond acceptors (Lipinski definition) is 5. The first kappa shape index (κ1) is 8.28. The SMILES string of the molecule is [2H]c1c([2H])c(S(=O)(=O)Nc2ccc(Cl)nn2)c([2H])c([2H])c1N. The van der Waals surface area contributed by atoms with Crippen LogP contribution in [-0.4, -0.2) is 18.6 Å². The Balaban J connectivity index is 2.57. The van der Waals surface area contributed by atoms with E-state index in [1.807, 2.05) is 4.72 Å². The Morgan fingerprint density at radius 2 is 1.89 bits per heavy atom. The molecule has 2 aromatic rings. The number of anilines is 2. The molecule has 0 aliphatic carbocycles. The van der Waals surface area contributed by atoms with Gasteiger partial charge in [-0.3, -0.25) is 4.72 Å². The van der Waals surface area contributed by atoms with Crippen LogP contribution in [0.25, 0.3) is 0 Å². The molecule has 0 fully saturated rings. The predicted molar refractivity (Wildman–Crippen MR) is 68.7 cm³/mol. The average molecular weight is 289 g/mol. The van der Waals surface area contributed by atoms with Crippen molar-refractivity contribution in [3.63, 3.8) is 0 Å². The molecule has 0 unspecified atom stereocenters.